The lowest BCUT2D eigenvalue weighted by Gasteiger charge is -2.09. The van der Waals surface area contributed by atoms with Gasteiger partial charge in [0, 0.05) is 6.61 Å². The standard InChI is InChI=1S/C42H86O13/c1-4-5-6-7-8-9-10-11-12-13-14-15-16-17-43-18-19-44-20-21-45-22-23-46-24-25-47-26-27-48-28-29-49-30-31-50-32-33-51-34-35-52-36-37-53-38-39-54-40-41-55-42(2)3/h42H,4-41H2,1-3H3. The Labute approximate surface area is 336 Å². The first kappa shape index (κ1) is 54.5. The Morgan fingerprint density at radius 2 is 0.400 bits per heavy atom. The monoisotopic (exact) mass is 799 g/mol. The molecular formula is C42H86O13. The van der Waals surface area contributed by atoms with Crippen molar-refractivity contribution in [2.45, 2.75) is 110 Å². The van der Waals surface area contributed by atoms with E-state index < -0.39 is 0 Å². The van der Waals surface area contributed by atoms with Crippen molar-refractivity contribution in [2.75, 3.05) is 165 Å². The fraction of sp³-hybridized carbons (Fsp3) is 1.00. The molecule has 0 aliphatic carbocycles. The molecule has 0 amide bonds. The van der Waals surface area contributed by atoms with Gasteiger partial charge < -0.3 is 61.6 Å². The molecule has 0 saturated heterocycles. The molecule has 13 nitrogen and oxygen atoms in total. The van der Waals surface area contributed by atoms with Crippen molar-refractivity contribution in [1.82, 2.24) is 0 Å². The molecule has 0 aromatic rings. The Balaban J connectivity index is 3.05. The van der Waals surface area contributed by atoms with Crippen LogP contribution in [0.25, 0.3) is 0 Å². The summed E-state index contributed by atoms with van der Waals surface area (Å²) >= 11 is 0. The predicted octanol–water partition coefficient (Wildman–Crippen LogP) is 6.70. The normalized spacial score (nSPS) is 11.8. The lowest BCUT2D eigenvalue weighted by molar-refractivity contribution is -0.0298. The Hall–Kier alpha value is -0.520. The molecule has 0 radical (unpaired) electrons. The molecule has 13 heteroatoms. The maximum absolute atomic E-state index is 5.68. The molecule has 0 unspecified atom stereocenters. The van der Waals surface area contributed by atoms with Gasteiger partial charge in [0.1, 0.15) is 0 Å². The summed E-state index contributed by atoms with van der Waals surface area (Å²) in [6, 6.07) is 0. The third-order valence-corrected chi connectivity index (χ3v) is 8.16. The SMILES string of the molecule is CCCCCCCCCCCCCCCOCCOCCOCCOCCOCCOCCOCCOCCOCCOCCOCCOCCOC(C)C. The van der Waals surface area contributed by atoms with Gasteiger partial charge in [0.25, 0.3) is 0 Å². The first-order valence-electron chi connectivity index (χ1n) is 21.8. The fourth-order valence-electron chi connectivity index (χ4n) is 5.09. The number of unbranched alkanes of at least 4 members (excludes halogenated alkanes) is 12. The summed E-state index contributed by atoms with van der Waals surface area (Å²) in [5.41, 5.74) is 0. The minimum Gasteiger partial charge on any atom is -0.379 e. The van der Waals surface area contributed by atoms with Crippen LogP contribution in [0.2, 0.25) is 0 Å². The van der Waals surface area contributed by atoms with E-state index in [1.807, 2.05) is 13.8 Å². The van der Waals surface area contributed by atoms with Crippen molar-refractivity contribution in [3.05, 3.63) is 0 Å². The molecule has 0 aliphatic rings. The van der Waals surface area contributed by atoms with Crippen LogP contribution in [0.3, 0.4) is 0 Å². The van der Waals surface area contributed by atoms with E-state index in [-0.39, 0.29) is 6.10 Å². The van der Waals surface area contributed by atoms with Crippen molar-refractivity contribution in [3.8, 4) is 0 Å². The zero-order chi connectivity index (χ0) is 39.6. The molecule has 0 spiro atoms. The minimum atomic E-state index is 0.231. The average molecular weight is 799 g/mol. The van der Waals surface area contributed by atoms with Crippen LogP contribution in [-0.4, -0.2) is 171 Å². The molecule has 0 aliphatic heterocycles. The topological polar surface area (TPSA) is 120 Å². The molecular weight excluding hydrogens is 712 g/mol. The molecule has 0 fully saturated rings. The van der Waals surface area contributed by atoms with Crippen molar-refractivity contribution < 1.29 is 61.6 Å². The van der Waals surface area contributed by atoms with Gasteiger partial charge in [-0.25, -0.2) is 0 Å². The predicted molar refractivity (Wildman–Crippen MR) is 217 cm³/mol. The van der Waals surface area contributed by atoms with E-state index in [1.165, 1.54) is 77.0 Å². The summed E-state index contributed by atoms with van der Waals surface area (Å²) in [6.45, 7) is 20.2. The zero-order valence-electron chi connectivity index (χ0n) is 35.8. The van der Waals surface area contributed by atoms with Gasteiger partial charge in [0.2, 0.25) is 0 Å². The smallest absolute Gasteiger partial charge is 0.0703 e. The number of hydrogen-bond acceptors (Lipinski definition) is 13. The molecule has 0 atom stereocenters. The second-order valence-electron chi connectivity index (χ2n) is 13.5. The van der Waals surface area contributed by atoms with E-state index in [0.29, 0.717) is 159 Å². The second-order valence-corrected chi connectivity index (χ2v) is 13.5. The van der Waals surface area contributed by atoms with Crippen molar-refractivity contribution in [3.63, 3.8) is 0 Å². The summed E-state index contributed by atoms with van der Waals surface area (Å²) < 4.78 is 71.6. The van der Waals surface area contributed by atoms with Gasteiger partial charge in [-0.1, -0.05) is 84.0 Å². The van der Waals surface area contributed by atoms with Gasteiger partial charge in [-0.3, -0.25) is 0 Å². The Kier molecular flexibility index (Phi) is 51.0. The van der Waals surface area contributed by atoms with Crippen LogP contribution in [0.4, 0.5) is 0 Å². The molecule has 0 heterocycles. The first-order valence-corrected chi connectivity index (χ1v) is 21.8. The van der Waals surface area contributed by atoms with Crippen molar-refractivity contribution >= 4 is 0 Å². The summed E-state index contributed by atoms with van der Waals surface area (Å²) in [4.78, 5) is 0. The highest BCUT2D eigenvalue weighted by Crippen LogP contribution is 2.12. The summed E-state index contributed by atoms with van der Waals surface area (Å²) in [6.07, 6.45) is 18.0. The maximum Gasteiger partial charge on any atom is 0.0703 e. The van der Waals surface area contributed by atoms with Gasteiger partial charge in [0.15, 0.2) is 0 Å². The largest absolute Gasteiger partial charge is 0.379 e. The summed E-state index contributed by atoms with van der Waals surface area (Å²) in [5.74, 6) is 0. The maximum atomic E-state index is 5.68. The van der Waals surface area contributed by atoms with E-state index in [1.54, 1.807) is 0 Å². The Bertz CT molecular complexity index is 663. The van der Waals surface area contributed by atoms with Crippen LogP contribution in [0.15, 0.2) is 0 Å². The van der Waals surface area contributed by atoms with Gasteiger partial charge in [-0.05, 0) is 20.3 Å². The summed E-state index contributed by atoms with van der Waals surface area (Å²) in [7, 11) is 0. The molecule has 0 N–H and O–H groups in total. The Morgan fingerprint density at radius 1 is 0.218 bits per heavy atom. The molecule has 0 bridgehead atoms. The number of ether oxygens (including phenoxy) is 13. The van der Waals surface area contributed by atoms with Crippen LogP contribution in [-0.2, 0) is 61.6 Å². The molecule has 332 valence electrons. The average Bonchev–Trinajstić information content (AvgIpc) is 3.18. The third kappa shape index (κ3) is 53.5. The first-order chi connectivity index (χ1) is 27.3. The molecule has 0 aromatic heterocycles. The molecule has 0 rings (SSSR count). The van der Waals surface area contributed by atoms with E-state index in [2.05, 4.69) is 6.92 Å². The van der Waals surface area contributed by atoms with Crippen LogP contribution in [0, 0.1) is 0 Å². The molecule has 0 saturated carbocycles. The van der Waals surface area contributed by atoms with E-state index in [0.717, 1.165) is 13.0 Å². The molecule has 0 aromatic carbocycles. The lowest BCUT2D eigenvalue weighted by Crippen LogP contribution is -2.15. The third-order valence-electron chi connectivity index (χ3n) is 8.16. The second kappa shape index (κ2) is 51.5. The highest BCUT2D eigenvalue weighted by atomic mass is 16.6. The number of rotatable bonds is 51. The highest BCUT2D eigenvalue weighted by Gasteiger charge is 1.98. The highest BCUT2D eigenvalue weighted by molar-refractivity contribution is 4.49. The van der Waals surface area contributed by atoms with Crippen LogP contribution >= 0.6 is 0 Å². The van der Waals surface area contributed by atoms with Crippen molar-refractivity contribution in [1.29, 1.82) is 0 Å². The quantitative estimate of drug-likeness (QED) is 0.0608. The van der Waals surface area contributed by atoms with E-state index in [9.17, 15) is 0 Å². The Morgan fingerprint density at radius 3 is 0.618 bits per heavy atom. The van der Waals surface area contributed by atoms with Gasteiger partial charge in [0.05, 0.1) is 165 Å². The van der Waals surface area contributed by atoms with Crippen LogP contribution < -0.4 is 0 Å². The van der Waals surface area contributed by atoms with Crippen molar-refractivity contribution in [2.24, 2.45) is 0 Å². The van der Waals surface area contributed by atoms with E-state index >= 15 is 0 Å². The zero-order valence-corrected chi connectivity index (χ0v) is 35.8. The minimum absolute atomic E-state index is 0.231. The van der Waals surface area contributed by atoms with E-state index in [4.69, 9.17) is 61.6 Å². The van der Waals surface area contributed by atoms with Gasteiger partial charge in [-0.15, -0.1) is 0 Å². The van der Waals surface area contributed by atoms with Crippen LogP contribution in [0.5, 0.6) is 0 Å². The van der Waals surface area contributed by atoms with Gasteiger partial charge >= 0.3 is 0 Å². The summed E-state index contributed by atoms with van der Waals surface area (Å²) in [5, 5.41) is 0. The fourth-order valence-corrected chi connectivity index (χ4v) is 5.09. The molecule has 55 heavy (non-hydrogen) atoms. The van der Waals surface area contributed by atoms with Gasteiger partial charge in [-0.2, -0.15) is 0 Å². The lowest BCUT2D eigenvalue weighted by atomic mass is 10.0. The number of hydrogen-bond donors (Lipinski definition) is 0. The van der Waals surface area contributed by atoms with Crippen LogP contribution in [0.1, 0.15) is 104 Å².